The van der Waals surface area contributed by atoms with E-state index < -0.39 is 0 Å². The fourth-order valence-electron chi connectivity index (χ4n) is 0.201. The molecule has 0 unspecified atom stereocenters. The second kappa shape index (κ2) is 4.31. The molecule has 0 saturated carbocycles. The number of allylic oxidation sites excluding steroid dienone is 1. The minimum Gasteiger partial charge on any atom is -0.216 e. The minimum atomic E-state index is 0.648. The fourth-order valence-corrected chi connectivity index (χ4v) is 0.720. The fraction of sp³-hybridized carbons (Fsp3) is 0.600. The third kappa shape index (κ3) is 2.80. The van der Waals surface area contributed by atoms with E-state index in [1.54, 1.807) is 0 Å². The highest BCUT2D eigenvalue weighted by Crippen LogP contribution is 2.03. The first-order valence-electron chi connectivity index (χ1n) is 2.19. The second-order valence-corrected chi connectivity index (χ2v) is 1.82. The Morgan fingerprint density at radius 2 is 2.43 bits per heavy atom. The van der Waals surface area contributed by atoms with Gasteiger partial charge in [-0.3, -0.25) is 0 Å². The van der Waals surface area contributed by atoms with Crippen molar-refractivity contribution in [3.63, 3.8) is 0 Å². The molecule has 0 spiro atoms. The van der Waals surface area contributed by atoms with Gasteiger partial charge >= 0.3 is 0 Å². The van der Waals surface area contributed by atoms with E-state index in [4.69, 9.17) is 0 Å². The summed E-state index contributed by atoms with van der Waals surface area (Å²) in [4.78, 5) is 0. The molecule has 0 radical (unpaired) electrons. The largest absolute Gasteiger partial charge is 0.216 e. The zero-order chi connectivity index (χ0) is 5.70. The number of hydrogen-bond donors (Lipinski definition) is 0. The summed E-state index contributed by atoms with van der Waals surface area (Å²) < 4.78 is 11.5. The Bertz CT molecular complexity index is 62.5. The van der Waals surface area contributed by atoms with Gasteiger partial charge in [-0.25, -0.2) is 4.39 Å². The van der Waals surface area contributed by atoms with Crippen LogP contribution >= 0.6 is 15.9 Å². The van der Waals surface area contributed by atoms with Crippen molar-refractivity contribution in [3.8, 4) is 0 Å². The zero-order valence-electron chi connectivity index (χ0n) is 4.25. The molecule has 7 heavy (non-hydrogen) atoms. The smallest absolute Gasteiger partial charge is 0.0867 e. The molecule has 0 amide bonds. The summed E-state index contributed by atoms with van der Waals surface area (Å²) in [6.45, 7) is 1.92. The molecule has 0 aromatic carbocycles. The summed E-state index contributed by atoms with van der Waals surface area (Å²) in [5.74, 6) is 0. The van der Waals surface area contributed by atoms with Gasteiger partial charge in [-0.2, -0.15) is 0 Å². The summed E-state index contributed by atoms with van der Waals surface area (Å²) in [7, 11) is 0. The van der Waals surface area contributed by atoms with E-state index in [1.165, 1.54) is 0 Å². The van der Waals surface area contributed by atoms with Crippen molar-refractivity contribution in [2.45, 2.75) is 13.3 Å². The topological polar surface area (TPSA) is 0 Å². The molecule has 0 aliphatic rings. The standard InChI is InChI=1S/C5H8BrF/c1-2-5(3-6)4-7/h4H,2-3H2,1H3/b5-4+. The number of hydrogen-bond acceptors (Lipinski definition) is 0. The van der Waals surface area contributed by atoms with Crippen LogP contribution in [0.4, 0.5) is 4.39 Å². The van der Waals surface area contributed by atoms with Gasteiger partial charge in [0.15, 0.2) is 0 Å². The van der Waals surface area contributed by atoms with Crippen LogP contribution in [-0.4, -0.2) is 5.33 Å². The van der Waals surface area contributed by atoms with Crippen molar-refractivity contribution in [1.82, 2.24) is 0 Å². The van der Waals surface area contributed by atoms with E-state index in [-0.39, 0.29) is 0 Å². The summed E-state index contributed by atoms with van der Waals surface area (Å²) in [5, 5.41) is 0.653. The van der Waals surface area contributed by atoms with Crippen LogP contribution in [0.25, 0.3) is 0 Å². The van der Waals surface area contributed by atoms with Crippen LogP contribution in [0, 0.1) is 0 Å². The maximum atomic E-state index is 11.5. The molecule has 0 saturated heterocycles. The third-order valence-corrected chi connectivity index (χ3v) is 1.50. The molecule has 0 aromatic heterocycles. The quantitative estimate of drug-likeness (QED) is 0.554. The van der Waals surface area contributed by atoms with Gasteiger partial charge < -0.3 is 0 Å². The Kier molecular flexibility index (Phi) is 4.41. The van der Waals surface area contributed by atoms with Gasteiger partial charge in [0.1, 0.15) is 0 Å². The molecular formula is C5H8BrF. The normalized spacial score (nSPS) is 12.1. The number of rotatable bonds is 2. The Labute approximate surface area is 51.5 Å². The molecule has 2 heteroatoms. The third-order valence-electron chi connectivity index (χ3n) is 0.780. The molecule has 42 valence electrons. The molecule has 0 atom stereocenters. The Balaban J connectivity index is 3.38. The van der Waals surface area contributed by atoms with Crippen molar-refractivity contribution in [2.24, 2.45) is 0 Å². The van der Waals surface area contributed by atoms with E-state index in [0.717, 1.165) is 12.0 Å². The average molecular weight is 167 g/mol. The van der Waals surface area contributed by atoms with Gasteiger partial charge in [0.25, 0.3) is 0 Å². The Morgan fingerprint density at radius 1 is 1.86 bits per heavy atom. The molecule has 0 aliphatic heterocycles. The maximum absolute atomic E-state index is 11.5. The molecule has 0 bridgehead atoms. The summed E-state index contributed by atoms with van der Waals surface area (Å²) in [5.41, 5.74) is 0.806. The van der Waals surface area contributed by atoms with Crippen molar-refractivity contribution in [3.05, 3.63) is 11.9 Å². The van der Waals surface area contributed by atoms with Crippen LogP contribution in [0.3, 0.4) is 0 Å². The van der Waals surface area contributed by atoms with Gasteiger partial charge in [0.05, 0.1) is 6.33 Å². The van der Waals surface area contributed by atoms with Crippen LogP contribution < -0.4 is 0 Å². The lowest BCUT2D eigenvalue weighted by molar-refractivity contribution is 0.704. The Morgan fingerprint density at radius 3 is 2.43 bits per heavy atom. The monoisotopic (exact) mass is 166 g/mol. The minimum absolute atomic E-state index is 0.648. The highest BCUT2D eigenvalue weighted by molar-refractivity contribution is 9.09. The van der Waals surface area contributed by atoms with Gasteiger partial charge in [-0.1, -0.05) is 22.9 Å². The van der Waals surface area contributed by atoms with Crippen molar-refractivity contribution < 1.29 is 4.39 Å². The van der Waals surface area contributed by atoms with Crippen LogP contribution in [0.2, 0.25) is 0 Å². The summed E-state index contributed by atoms with van der Waals surface area (Å²) >= 11 is 3.13. The zero-order valence-corrected chi connectivity index (χ0v) is 5.83. The second-order valence-electron chi connectivity index (χ2n) is 1.25. The number of halogens is 2. The Hall–Kier alpha value is 0.150. The van der Waals surface area contributed by atoms with Crippen molar-refractivity contribution in [2.75, 3.05) is 5.33 Å². The predicted molar refractivity (Wildman–Crippen MR) is 33.3 cm³/mol. The van der Waals surface area contributed by atoms with Gasteiger partial charge in [0, 0.05) is 5.33 Å². The molecule has 0 aliphatic carbocycles. The van der Waals surface area contributed by atoms with E-state index in [0.29, 0.717) is 11.7 Å². The first-order valence-corrected chi connectivity index (χ1v) is 3.31. The number of alkyl halides is 1. The van der Waals surface area contributed by atoms with Gasteiger partial charge in [0.2, 0.25) is 0 Å². The predicted octanol–water partition coefficient (Wildman–Crippen LogP) is 2.64. The first-order chi connectivity index (χ1) is 3.35. The summed E-state index contributed by atoms with van der Waals surface area (Å²) in [6, 6.07) is 0. The van der Waals surface area contributed by atoms with Crippen molar-refractivity contribution >= 4 is 15.9 Å². The molecule has 0 heterocycles. The van der Waals surface area contributed by atoms with E-state index >= 15 is 0 Å². The molecular weight excluding hydrogens is 159 g/mol. The van der Waals surface area contributed by atoms with E-state index in [1.807, 2.05) is 6.92 Å². The van der Waals surface area contributed by atoms with Crippen LogP contribution in [0.5, 0.6) is 0 Å². The highest BCUT2D eigenvalue weighted by Gasteiger charge is 1.86. The van der Waals surface area contributed by atoms with Crippen LogP contribution in [0.1, 0.15) is 13.3 Å². The van der Waals surface area contributed by atoms with E-state index in [9.17, 15) is 4.39 Å². The lowest BCUT2D eigenvalue weighted by Crippen LogP contribution is -1.76. The SMILES string of the molecule is CC/C(=C\F)CBr. The summed E-state index contributed by atoms with van der Waals surface area (Å²) in [6.07, 6.45) is 1.44. The molecule has 0 rings (SSSR count). The lowest BCUT2D eigenvalue weighted by Gasteiger charge is -1.89. The van der Waals surface area contributed by atoms with E-state index in [2.05, 4.69) is 15.9 Å². The average Bonchev–Trinajstić information content (AvgIpc) is 1.72. The maximum Gasteiger partial charge on any atom is 0.0867 e. The molecule has 0 N–H and O–H groups in total. The molecule has 0 fully saturated rings. The lowest BCUT2D eigenvalue weighted by atomic mass is 10.3. The first kappa shape index (κ1) is 7.15. The van der Waals surface area contributed by atoms with Crippen LogP contribution in [0.15, 0.2) is 11.9 Å². The highest BCUT2D eigenvalue weighted by atomic mass is 79.9. The molecule has 0 aromatic rings. The van der Waals surface area contributed by atoms with Crippen molar-refractivity contribution in [1.29, 1.82) is 0 Å². The van der Waals surface area contributed by atoms with Crippen LogP contribution in [-0.2, 0) is 0 Å². The van der Waals surface area contributed by atoms with Gasteiger partial charge in [-0.15, -0.1) is 0 Å². The molecule has 0 nitrogen and oxygen atoms in total. The van der Waals surface area contributed by atoms with Gasteiger partial charge in [-0.05, 0) is 12.0 Å².